The number of carbonyl (C=O) groups excluding carboxylic acids is 1. The van der Waals surface area contributed by atoms with Crippen LogP contribution in [0.5, 0.6) is 11.5 Å². The topological polar surface area (TPSA) is 112 Å². The second-order valence-corrected chi connectivity index (χ2v) is 8.27. The van der Waals surface area contributed by atoms with Crippen LogP contribution in [0.15, 0.2) is 28.1 Å². The SMILES string of the molecule is CC(=NOCC(=O)OC(C)c1nc2sc(C)c(C)c2c(=O)[nH]1)c1ccc2c(c1)OCO2. The van der Waals surface area contributed by atoms with E-state index < -0.39 is 12.1 Å². The summed E-state index contributed by atoms with van der Waals surface area (Å²) in [6.45, 7) is 7.02. The molecule has 0 fully saturated rings. The minimum absolute atomic E-state index is 0.189. The number of H-pyrrole nitrogens is 1. The lowest BCUT2D eigenvalue weighted by Gasteiger charge is -2.12. The summed E-state index contributed by atoms with van der Waals surface area (Å²) < 4.78 is 15.9. The van der Waals surface area contributed by atoms with Gasteiger partial charge in [0, 0.05) is 10.4 Å². The van der Waals surface area contributed by atoms with Crippen LogP contribution in [0.1, 0.15) is 41.8 Å². The molecule has 1 N–H and O–H groups in total. The van der Waals surface area contributed by atoms with Gasteiger partial charge in [-0.25, -0.2) is 9.78 Å². The predicted molar refractivity (Wildman–Crippen MR) is 115 cm³/mol. The van der Waals surface area contributed by atoms with Gasteiger partial charge < -0.3 is 24.0 Å². The summed E-state index contributed by atoms with van der Waals surface area (Å²) in [6, 6.07) is 5.40. The lowest BCUT2D eigenvalue weighted by molar-refractivity contribution is -0.154. The number of esters is 1. The Labute approximate surface area is 181 Å². The number of oxime groups is 1. The van der Waals surface area contributed by atoms with Gasteiger partial charge in [0.2, 0.25) is 13.4 Å². The summed E-state index contributed by atoms with van der Waals surface area (Å²) in [5.74, 6) is 0.964. The summed E-state index contributed by atoms with van der Waals surface area (Å²) in [6.07, 6.45) is -0.741. The van der Waals surface area contributed by atoms with Crippen molar-refractivity contribution in [2.45, 2.75) is 33.8 Å². The van der Waals surface area contributed by atoms with E-state index in [9.17, 15) is 9.59 Å². The number of aryl methyl sites for hydroxylation is 2. The van der Waals surface area contributed by atoms with Crippen molar-refractivity contribution in [3.8, 4) is 11.5 Å². The third kappa shape index (κ3) is 4.24. The molecule has 0 saturated carbocycles. The molecular weight excluding hydrogens is 422 g/mol. The number of hydrogen-bond donors (Lipinski definition) is 1. The number of nitrogens with zero attached hydrogens (tertiary/aromatic N) is 2. The van der Waals surface area contributed by atoms with E-state index in [1.807, 2.05) is 19.9 Å². The first-order valence-electron chi connectivity index (χ1n) is 9.59. The van der Waals surface area contributed by atoms with Gasteiger partial charge in [-0.15, -0.1) is 11.3 Å². The van der Waals surface area contributed by atoms with Crippen LogP contribution in [-0.4, -0.2) is 35.0 Å². The first kappa shape index (κ1) is 20.9. The van der Waals surface area contributed by atoms with Crippen molar-refractivity contribution in [3.63, 3.8) is 0 Å². The van der Waals surface area contributed by atoms with Gasteiger partial charge in [0.05, 0.1) is 11.1 Å². The van der Waals surface area contributed by atoms with Crippen molar-refractivity contribution < 1.29 is 23.8 Å². The molecule has 0 aliphatic carbocycles. The van der Waals surface area contributed by atoms with Crippen LogP contribution >= 0.6 is 11.3 Å². The molecule has 9 nitrogen and oxygen atoms in total. The Morgan fingerprint density at radius 1 is 1.32 bits per heavy atom. The molecule has 1 atom stereocenters. The van der Waals surface area contributed by atoms with Crippen molar-refractivity contribution >= 4 is 33.2 Å². The predicted octanol–water partition coefficient (Wildman–Crippen LogP) is 3.38. The average Bonchev–Trinajstić information content (AvgIpc) is 3.31. The highest BCUT2D eigenvalue weighted by Gasteiger charge is 2.19. The highest BCUT2D eigenvalue weighted by atomic mass is 32.1. The number of hydrogen-bond acceptors (Lipinski definition) is 9. The van der Waals surface area contributed by atoms with Gasteiger partial charge in [0.1, 0.15) is 4.83 Å². The molecule has 0 radical (unpaired) electrons. The maximum atomic E-state index is 12.4. The Kier molecular flexibility index (Phi) is 5.64. The van der Waals surface area contributed by atoms with Crippen molar-refractivity contribution in [2.75, 3.05) is 13.4 Å². The summed E-state index contributed by atoms with van der Waals surface area (Å²) in [5.41, 5.74) is 2.01. The highest BCUT2D eigenvalue weighted by molar-refractivity contribution is 7.18. The van der Waals surface area contributed by atoms with Crippen molar-refractivity contribution in [1.29, 1.82) is 0 Å². The second kappa shape index (κ2) is 8.38. The van der Waals surface area contributed by atoms with Gasteiger partial charge in [-0.2, -0.15) is 0 Å². The molecule has 3 aromatic rings. The van der Waals surface area contributed by atoms with E-state index in [0.717, 1.165) is 16.0 Å². The Hall–Kier alpha value is -3.40. The number of carbonyl (C=O) groups is 1. The Bertz CT molecular complexity index is 1250. The summed E-state index contributed by atoms with van der Waals surface area (Å²) in [5, 5.41) is 4.53. The average molecular weight is 443 g/mol. The van der Waals surface area contributed by atoms with E-state index in [2.05, 4.69) is 15.1 Å². The molecule has 162 valence electrons. The van der Waals surface area contributed by atoms with Crippen LogP contribution in [0.25, 0.3) is 10.2 Å². The van der Waals surface area contributed by atoms with Gasteiger partial charge >= 0.3 is 5.97 Å². The van der Waals surface area contributed by atoms with Gasteiger partial charge in [-0.1, -0.05) is 5.16 Å². The van der Waals surface area contributed by atoms with Crippen LogP contribution in [-0.2, 0) is 14.4 Å². The maximum absolute atomic E-state index is 12.4. The van der Waals surface area contributed by atoms with Crippen LogP contribution < -0.4 is 15.0 Å². The molecular formula is C21H21N3O6S. The quantitative estimate of drug-likeness (QED) is 0.353. The molecule has 2 aromatic heterocycles. The van der Waals surface area contributed by atoms with Crippen molar-refractivity contribution in [1.82, 2.24) is 9.97 Å². The fraction of sp³-hybridized carbons (Fsp3) is 0.333. The lowest BCUT2D eigenvalue weighted by atomic mass is 10.1. The summed E-state index contributed by atoms with van der Waals surface area (Å²) in [4.78, 5) is 38.4. The number of rotatable bonds is 6. The van der Waals surface area contributed by atoms with E-state index in [0.29, 0.717) is 27.4 Å². The molecule has 1 aliphatic heterocycles. The molecule has 1 aliphatic rings. The molecule has 1 aromatic carbocycles. The zero-order valence-corrected chi connectivity index (χ0v) is 18.3. The van der Waals surface area contributed by atoms with E-state index in [1.54, 1.807) is 26.0 Å². The maximum Gasteiger partial charge on any atom is 0.347 e. The molecule has 0 spiro atoms. The number of thiophene rings is 1. The zero-order chi connectivity index (χ0) is 22.1. The Morgan fingerprint density at radius 3 is 2.90 bits per heavy atom. The number of aromatic nitrogens is 2. The molecule has 31 heavy (non-hydrogen) atoms. The highest BCUT2D eigenvalue weighted by Crippen LogP contribution is 2.32. The van der Waals surface area contributed by atoms with Crippen LogP contribution in [0.4, 0.5) is 0 Å². The number of fused-ring (bicyclic) bond motifs is 2. The van der Waals surface area contributed by atoms with Crippen LogP contribution in [0.3, 0.4) is 0 Å². The Balaban J connectivity index is 1.37. The summed E-state index contributed by atoms with van der Waals surface area (Å²) >= 11 is 1.43. The van der Waals surface area contributed by atoms with E-state index in [1.165, 1.54) is 11.3 Å². The number of benzene rings is 1. The zero-order valence-electron chi connectivity index (χ0n) is 17.5. The molecule has 0 amide bonds. The number of aromatic amines is 1. The monoisotopic (exact) mass is 443 g/mol. The smallest absolute Gasteiger partial charge is 0.347 e. The van der Waals surface area contributed by atoms with Gasteiger partial charge in [0.25, 0.3) is 5.56 Å². The largest absolute Gasteiger partial charge is 0.454 e. The normalized spacial score (nSPS) is 14.0. The standard InChI is InChI=1S/C21H21N3O6S/c1-10-13(4)31-21-18(10)20(26)22-19(23-21)12(3)30-17(25)8-29-24-11(2)14-5-6-15-16(7-14)28-9-27-15/h5-7,12H,8-9H2,1-4H3,(H,22,23,26). The molecule has 1 unspecified atom stereocenters. The molecule has 0 bridgehead atoms. The van der Waals surface area contributed by atoms with Gasteiger partial charge in [0.15, 0.2) is 23.4 Å². The molecule has 0 saturated heterocycles. The van der Waals surface area contributed by atoms with E-state index >= 15 is 0 Å². The van der Waals surface area contributed by atoms with Crippen molar-refractivity contribution in [2.24, 2.45) is 5.16 Å². The third-order valence-corrected chi connectivity index (χ3v) is 6.03. The Morgan fingerprint density at radius 2 is 2.10 bits per heavy atom. The van der Waals surface area contributed by atoms with Gasteiger partial charge in [-0.3, -0.25) is 4.79 Å². The first-order chi connectivity index (χ1) is 14.8. The van der Waals surface area contributed by atoms with Crippen molar-refractivity contribution in [3.05, 3.63) is 50.4 Å². The molecule has 4 rings (SSSR count). The number of ether oxygens (including phenoxy) is 3. The minimum atomic E-state index is -0.741. The number of nitrogens with one attached hydrogen (secondary N) is 1. The van der Waals surface area contributed by atoms with Crippen LogP contribution in [0, 0.1) is 13.8 Å². The fourth-order valence-electron chi connectivity index (χ4n) is 3.11. The third-order valence-electron chi connectivity index (χ3n) is 4.92. The fourth-order valence-corrected chi connectivity index (χ4v) is 4.14. The lowest BCUT2D eigenvalue weighted by Crippen LogP contribution is -2.19. The second-order valence-electron chi connectivity index (χ2n) is 7.06. The van der Waals surface area contributed by atoms with E-state index in [4.69, 9.17) is 19.0 Å². The summed E-state index contributed by atoms with van der Waals surface area (Å²) in [7, 11) is 0. The van der Waals surface area contributed by atoms with E-state index in [-0.39, 0.29) is 24.8 Å². The molecule has 10 heteroatoms. The minimum Gasteiger partial charge on any atom is -0.454 e. The van der Waals surface area contributed by atoms with Gasteiger partial charge in [-0.05, 0) is 51.5 Å². The van der Waals surface area contributed by atoms with Crippen LogP contribution in [0.2, 0.25) is 0 Å². The molecule has 3 heterocycles. The first-order valence-corrected chi connectivity index (χ1v) is 10.4.